The molecule has 1 amide bonds. The van der Waals surface area contributed by atoms with Crippen LogP contribution < -0.4 is 9.64 Å². The minimum atomic E-state index is -2.98. The predicted molar refractivity (Wildman–Crippen MR) is 92.2 cm³/mol. The van der Waals surface area contributed by atoms with Gasteiger partial charge in [0.25, 0.3) is 0 Å². The Kier molecular flexibility index (Phi) is 4.21. The number of aryl methyl sites for hydroxylation is 1. The second-order valence-corrected chi connectivity index (χ2v) is 9.81. The molecule has 1 aromatic carbocycles. The molecule has 4 rings (SSSR count). The zero-order chi connectivity index (χ0) is 18.5. The third kappa shape index (κ3) is 3.08. The van der Waals surface area contributed by atoms with Gasteiger partial charge in [0.1, 0.15) is 15.6 Å². The maximum Gasteiger partial charge on any atom is 0.387 e. The van der Waals surface area contributed by atoms with Crippen molar-refractivity contribution in [1.29, 1.82) is 0 Å². The molecule has 3 aliphatic rings. The van der Waals surface area contributed by atoms with E-state index in [1.165, 1.54) is 6.07 Å². The smallest absolute Gasteiger partial charge is 0.387 e. The van der Waals surface area contributed by atoms with Crippen LogP contribution in [0.4, 0.5) is 14.5 Å². The highest BCUT2D eigenvalue weighted by atomic mass is 32.2. The number of carbonyl (C=O) groups is 1. The largest absolute Gasteiger partial charge is 0.433 e. The van der Waals surface area contributed by atoms with Gasteiger partial charge in [-0.2, -0.15) is 8.78 Å². The van der Waals surface area contributed by atoms with E-state index in [-0.39, 0.29) is 34.5 Å². The summed E-state index contributed by atoms with van der Waals surface area (Å²) in [6, 6.07) is 4.96. The number of carbonyl (C=O) groups excluding carboxylic acids is 1. The number of benzene rings is 1. The van der Waals surface area contributed by atoms with Crippen LogP contribution in [0.15, 0.2) is 18.2 Å². The zero-order valence-electron chi connectivity index (χ0n) is 14.3. The quantitative estimate of drug-likeness (QED) is 0.803. The van der Waals surface area contributed by atoms with Gasteiger partial charge in [-0.1, -0.05) is 12.1 Å². The number of sulfone groups is 1. The summed E-state index contributed by atoms with van der Waals surface area (Å²) < 4.78 is 53.5. The number of hydrogen-bond donors (Lipinski definition) is 0. The Labute approximate surface area is 151 Å². The molecule has 8 heteroatoms. The molecule has 1 spiro atoms. The van der Waals surface area contributed by atoms with Gasteiger partial charge in [-0.3, -0.25) is 4.79 Å². The van der Waals surface area contributed by atoms with Crippen LogP contribution in [0.25, 0.3) is 0 Å². The molecule has 0 radical (unpaired) electrons. The first kappa shape index (κ1) is 17.7. The van der Waals surface area contributed by atoms with E-state index in [1.54, 1.807) is 11.0 Å². The van der Waals surface area contributed by atoms with Crippen LogP contribution in [0.1, 0.15) is 31.2 Å². The van der Waals surface area contributed by atoms with Gasteiger partial charge in [-0.15, -0.1) is 0 Å². The zero-order valence-corrected chi connectivity index (χ0v) is 15.1. The van der Waals surface area contributed by atoms with Crippen LogP contribution in [0.2, 0.25) is 0 Å². The van der Waals surface area contributed by atoms with Gasteiger partial charge in [0.05, 0.1) is 17.2 Å². The number of anilines is 1. The molecule has 1 saturated carbocycles. The summed E-state index contributed by atoms with van der Waals surface area (Å²) in [6.07, 6.45) is 3.20. The topological polar surface area (TPSA) is 63.7 Å². The highest BCUT2D eigenvalue weighted by Crippen LogP contribution is 2.61. The summed E-state index contributed by atoms with van der Waals surface area (Å²) in [4.78, 5) is 14.7. The van der Waals surface area contributed by atoms with Gasteiger partial charge in [0.2, 0.25) is 5.91 Å². The number of nitrogens with zero attached hydrogens (tertiary/aromatic N) is 1. The van der Waals surface area contributed by atoms with Crippen LogP contribution in [-0.4, -0.2) is 39.0 Å². The third-order valence-electron chi connectivity index (χ3n) is 5.97. The Morgan fingerprint density at radius 1 is 1.27 bits per heavy atom. The maximum atomic E-state index is 13.1. The van der Waals surface area contributed by atoms with E-state index in [4.69, 9.17) is 0 Å². The molecule has 0 N–H and O–H groups in total. The molecule has 1 unspecified atom stereocenters. The average Bonchev–Trinajstić information content (AvgIpc) is 3.31. The van der Waals surface area contributed by atoms with E-state index in [2.05, 4.69) is 4.74 Å². The highest BCUT2D eigenvalue weighted by Gasteiger charge is 2.60. The SMILES string of the molecule is O=C(C1CC12CCS(=O)(=O)CC2)N1CCCc2cccc(OC(F)F)c21. The fourth-order valence-corrected chi connectivity index (χ4v) is 6.05. The van der Waals surface area contributed by atoms with Gasteiger partial charge >= 0.3 is 6.61 Å². The van der Waals surface area contributed by atoms with Crippen LogP contribution in [0, 0.1) is 11.3 Å². The van der Waals surface area contributed by atoms with Crippen molar-refractivity contribution in [3.05, 3.63) is 23.8 Å². The predicted octanol–water partition coefficient (Wildman–Crippen LogP) is 2.78. The van der Waals surface area contributed by atoms with E-state index in [0.29, 0.717) is 37.9 Å². The summed E-state index contributed by atoms with van der Waals surface area (Å²) in [5, 5.41) is 0. The lowest BCUT2D eigenvalue weighted by Crippen LogP contribution is -2.39. The highest BCUT2D eigenvalue weighted by molar-refractivity contribution is 7.91. The van der Waals surface area contributed by atoms with Crippen molar-refractivity contribution in [2.24, 2.45) is 11.3 Å². The second-order valence-electron chi connectivity index (χ2n) is 7.51. The minimum Gasteiger partial charge on any atom is -0.433 e. The molecular weight excluding hydrogens is 364 g/mol. The van der Waals surface area contributed by atoms with Gasteiger partial charge in [-0.05, 0) is 49.1 Å². The first-order chi connectivity index (χ1) is 12.3. The monoisotopic (exact) mass is 385 g/mol. The number of para-hydroxylation sites is 1. The molecule has 1 aliphatic carbocycles. The van der Waals surface area contributed by atoms with E-state index < -0.39 is 16.4 Å². The van der Waals surface area contributed by atoms with E-state index in [1.807, 2.05) is 6.07 Å². The van der Waals surface area contributed by atoms with E-state index in [0.717, 1.165) is 12.0 Å². The number of fused-ring (bicyclic) bond motifs is 1. The van der Waals surface area contributed by atoms with Crippen LogP contribution in [0.3, 0.4) is 0 Å². The molecule has 1 aromatic rings. The fraction of sp³-hybridized carbons (Fsp3) is 0.611. The molecule has 1 atom stereocenters. The summed E-state index contributed by atoms with van der Waals surface area (Å²) in [5.74, 6) is -0.00849. The Morgan fingerprint density at radius 2 is 2.00 bits per heavy atom. The lowest BCUT2D eigenvalue weighted by Gasteiger charge is -2.32. The Morgan fingerprint density at radius 3 is 2.69 bits per heavy atom. The van der Waals surface area contributed by atoms with Crippen LogP contribution in [-0.2, 0) is 21.1 Å². The summed E-state index contributed by atoms with van der Waals surface area (Å²) in [6.45, 7) is -2.48. The standard InChI is InChI=1S/C18H21F2NO4S/c19-17(20)25-14-5-1-3-12-4-2-8-21(15(12)14)16(22)13-11-18(13)6-9-26(23,24)10-7-18/h1,3,5,13,17H,2,4,6-11H2. The molecule has 2 fully saturated rings. The van der Waals surface area contributed by atoms with Crippen LogP contribution in [0.5, 0.6) is 5.75 Å². The Hall–Kier alpha value is -1.70. The van der Waals surface area contributed by atoms with Crippen molar-refractivity contribution in [3.8, 4) is 5.75 Å². The lowest BCUT2D eigenvalue weighted by molar-refractivity contribution is -0.120. The number of amides is 1. The number of halogens is 2. The Balaban J connectivity index is 1.58. The molecule has 0 bridgehead atoms. The number of hydrogen-bond acceptors (Lipinski definition) is 4. The lowest BCUT2D eigenvalue weighted by atomic mass is 9.94. The van der Waals surface area contributed by atoms with Gasteiger partial charge in [-0.25, -0.2) is 8.42 Å². The number of rotatable bonds is 3. The van der Waals surface area contributed by atoms with Gasteiger partial charge in [0, 0.05) is 12.5 Å². The molecule has 5 nitrogen and oxygen atoms in total. The second kappa shape index (κ2) is 6.18. The van der Waals surface area contributed by atoms with Crippen LogP contribution >= 0.6 is 0 Å². The minimum absolute atomic E-state index is 0.0338. The van der Waals surface area contributed by atoms with Gasteiger partial charge in [0.15, 0.2) is 0 Å². The van der Waals surface area contributed by atoms with Crippen molar-refractivity contribution in [2.45, 2.75) is 38.7 Å². The molecule has 142 valence electrons. The summed E-state index contributed by atoms with van der Waals surface area (Å²) in [5.41, 5.74) is 1.07. The Bertz CT molecular complexity index is 826. The van der Waals surface area contributed by atoms with Crippen molar-refractivity contribution >= 4 is 21.4 Å². The average molecular weight is 385 g/mol. The summed E-state index contributed by atoms with van der Waals surface area (Å²) >= 11 is 0. The van der Waals surface area contributed by atoms with Crippen molar-refractivity contribution in [3.63, 3.8) is 0 Å². The molecule has 1 saturated heterocycles. The van der Waals surface area contributed by atoms with Crippen molar-refractivity contribution in [2.75, 3.05) is 23.0 Å². The number of ether oxygens (including phenoxy) is 1. The van der Waals surface area contributed by atoms with Gasteiger partial charge < -0.3 is 9.64 Å². The maximum absolute atomic E-state index is 13.1. The van der Waals surface area contributed by atoms with Crippen molar-refractivity contribution < 1.29 is 26.7 Å². The molecule has 2 aliphatic heterocycles. The molecule has 26 heavy (non-hydrogen) atoms. The van der Waals surface area contributed by atoms with Crippen molar-refractivity contribution in [1.82, 2.24) is 0 Å². The summed E-state index contributed by atoms with van der Waals surface area (Å²) in [7, 11) is -2.98. The molecule has 0 aromatic heterocycles. The third-order valence-corrected chi connectivity index (χ3v) is 7.62. The molecule has 2 heterocycles. The first-order valence-electron chi connectivity index (χ1n) is 8.90. The van der Waals surface area contributed by atoms with E-state index >= 15 is 0 Å². The fourth-order valence-electron chi connectivity index (χ4n) is 4.41. The van der Waals surface area contributed by atoms with E-state index in [9.17, 15) is 22.0 Å². The first-order valence-corrected chi connectivity index (χ1v) is 10.7. The molecular formula is C18H21F2NO4S. The normalized spacial score (nSPS) is 25.8. The number of alkyl halides is 2.